The van der Waals surface area contributed by atoms with E-state index in [2.05, 4.69) is 10.3 Å². The molecule has 0 radical (unpaired) electrons. The van der Waals surface area contributed by atoms with Gasteiger partial charge in [-0.3, -0.25) is 14.5 Å². The number of hydrogen-bond acceptors (Lipinski definition) is 5. The molecule has 3 aromatic rings. The van der Waals surface area contributed by atoms with Crippen molar-refractivity contribution in [2.75, 3.05) is 11.9 Å². The lowest BCUT2D eigenvalue weighted by molar-refractivity contribution is -0.131. The van der Waals surface area contributed by atoms with E-state index in [1.54, 1.807) is 17.0 Å². The normalized spacial score (nSPS) is 18.5. The van der Waals surface area contributed by atoms with Gasteiger partial charge in [-0.2, -0.15) is 0 Å². The molecule has 35 heavy (non-hydrogen) atoms. The number of nitrogens with one attached hydrogen (secondary N) is 2. The van der Waals surface area contributed by atoms with Crippen molar-refractivity contribution in [1.29, 1.82) is 0 Å². The van der Waals surface area contributed by atoms with Crippen molar-refractivity contribution < 1.29 is 18.0 Å². The minimum atomic E-state index is -3.76. The third-order valence-electron chi connectivity index (χ3n) is 6.37. The van der Waals surface area contributed by atoms with Crippen LogP contribution in [0, 0.1) is 0 Å². The maximum Gasteiger partial charge on any atom is 0.252 e. The molecule has 2 heterocycles. The molecule has 1 atom stereocenters. The van der Waals surface area contributed by atoms with Crippen LogP contribution in [-0.2, 0) is 26.0 Å². The lowest BCUT2D eigenvalue weighted by atomic mass is 10.1. The molecule has 0 bridgehead atoms. The van der Waals surface area contributed by atoms with Crippen molar-refractivity contribution in [2.45, 2.75) is 42.7 Å². The van der Waals surface area contributed by atoms with Gasteiger partial charge in [-0.05, 0) is 72.8 Å². The highest BCUT2D eigenvalue weighted by atomic mass is 32.2. The Morgan fingerprint density at radius 3 is 2.57 bits per heavy atom. The molecular formula is C24H25N5O4S2. The molecule has 1 aliphatic heterocycles. The van der Waals surface area contributed by atoms with Gasteiger partial charge in [-0.25, -0.2) is 13.6 Å². The molecule has 1 aliphatic carbocycles. The number of aromatic nitrogens is 1. The highest BCUT2D eigenvalue weighted by molar-refractivity contribution is 7.89. The zero-order valence-corrected chi connectivity index (χ0v) is 20.4. The van der Waals surface area contributed by atoms with Crippen LogP contribution in [0.5, 0.6) is 0 Å². The third kappa shape index (κ3) is 4.93. The predicted molar refractivity (Wildman–Crippen MR) is 136 cm³/mol. The van der Waals surface area contributed by atoms with Gasteiger partial charge in [-0.15, -0.1) is 0 Å². The standard InChI is InChI=1S/C24H25N5O4S2/c25-35(32,33)19-7-1-15(2-8-19)10-12-28-21(23(31)29(24(28)34)18-5-6-18)14-22(30)27-17-4-3-16-9-11-26-20(16)13-17/h1-4,7-9,11,13,18,21,26H,5-6,10,12,14H2,(H,27,30)(H2,25,32,33). The molecule has 9 nitrogen and oxygen atoms in total. The molecule has 1 unspecified atom stereocenters. The van der Waals surface area contributed by atoms with Crippen molar-refractivity contribution in [3.63, 3.8) is 0 Å². The highest BCUT2D eigenvalue weighted by Gasteiger charge is 2.48. The Morgan fingerprint density at radius 2 is 1.89 bits per heavy atom. The summed E-state index contributed by atoms with van der Waals surface area (Å²) in [6.45, 7) is 0.425. The first-order valence-corrected chi connectivity index (χ1v) is 13.3. The van der Waals surface area contributed by atoms with Gasteiger partial charge in [-0.1, -0.05) is 18.2 Å². The number of nitrogens with two attached hydrogens (primary N) is 1. The number of anilines is 1. The number of carbonyl (C=O) groups excluding carboxylic acids is 2. The van der Waals surface area contributed by atoms with Gasteiger partial charge in [0.2, 0.25) is 15.9 Å². The first-order chi connectivity index (χ1) is 16.7. The summed E-state index contributed by atoms with van der Waals surface area (Å²) in [6, 6.07) is 13.3. The second-order valence-corrected chi connectivity index (χ2v) is 10.8. The minimum Gasteiger partial charge on any atom is -0.361 e. The van der Waals surface area contributed by atoms with Gasteiger partial charge >= 0.3 is 0 Å². The summed E-state index contributed by atoms with van der Waals surface area (Å²) in [7, 11) is -3.76. The zero-order valence-electron chi connectivity index (χ0n) is 18.8. The third-order valence-corrected chi connectivity index (χ3v) is 7.73. The van der Waals surface area contributed by atoms with Crippen LogP contribution in [0.4, 0.5) is 5.69 Å². The van der Waals surface area contributed by atoms with E-state index < -0.39 is 16.1 Å². The van der Waals surface area contributed by atoms with Crippen LogP contribution in [0.1, 0.15) is 24.8 Å². The number of benzene rings is 2. The summed E-state index contributed by atoms with van der Waals surface area (Å²) in [5.74, 6) is -0.408. The van der Waals surface area contributed by atoms with Crippen LogP contribution in [0.15, 0.2) is 59.6 Å². The number of sulfonamides is 1. The van der Waals surface area contributed by atoms with E-state index in [4.69, 9.17) is 17.4 Å². The monoisotopic (exact) mass is 511 g/mol. The molecule has 2 fully saturated rings. The fraction of sp³-hybridized carbons (Fsp3) is 0.292. The Balaban J connectivity index is 1.29. The van der Waals surface area contributed by atoms with Gasteiger partial charge < -0.3 is 15.2 Å². The summed E-state index contributed by atoms with van der Waals surface area (Å²) >= 11 is 5.64. The van der Waals surface area contributed by atoms with Gasteiger partial charge in [0.05, 0.1) is 11.3 Å². The number of amides is 2. The smallest absolute Gasteiger partial charge is 0.252 e. The Morgan fingerprint density at radius 1 is 1.14 bits per heavy atom. The molecule has 2 amide bonds. The van der Waals surface area contributed by atoms with E-state index in [1.165, 1.54) is 12.1 Å². The van der Waals surface area contributed by atoms with Gasteiger partial charge in [0.15, 0.2) is 5.11 Å². The SMILES string of the molecule is NS(=O)(=O)c1ccc(CCN2C(=S)N(C3CC3)C(=O)C2CC(=O)Nc2ccc3cc[nH]c3c2)cc1. The maximum absolute atomic E-state index is 13.2. The van der Waals surface area contributed by atoms with Crippen LogP contribution in [0.25, 0.3) is 10.9 Å². The van der Waals surface area contributed by atoms with E-state index in [-0.39, 0.29) is 29.2 Å². The molecule has 1 saturated heterocycles. The number of rotatable bonds is 8. The van der Waals surface area contributed by atoms with E-state index in [0.717, 1.165) is 29.3 Å². The van der Waals surface area contributed by atoms with Crippen LogP contribution in [-0.4, -0.2) is 58.8 Å². The predicted octanol–water partition coefficient (Wildman–Crippen LogP) is 2.35. The first kappa shape index (κ1) is 23.5. The second kappa shape index (κ2) is 9.06. The van der Waals surface area contributed by atoms with Crippen molar-refractivity contribution in [3.8, 4) is 0 Å². The first-order valence-electron chi connectivity index (χ1n) is 11.3. The Bertz CT molecular complexity index is 1410. The van der Waals surface area contributed by atoms with Crippen molar-refractivity contribution >= 4 is 55.8 Å². The summed E-state index contributed by atoms with van der Waals surface area (Å²) in [4.78, 5) is 32.8. The van der Waals surface area contributed by atoms with Crippen LogP contribution < -0.4 is 10.5 Å². The number of H-pyrrole nitrogens is 1. The molecule has 2 aromatic carbocycles. The van der Waals surface area contributed by atoms with Crippen molar-refractivity contribution in [1.82, 2.24) is 14.8 Å². The van der Waals surface area contributed by atoms with Crippen LogP contribution in [0.2, 0.25) is 0 Å². The second-order valence-electron chi connectivity index (χ2n) is 8.90. The molecule has 1 aromatic heterocycles. The molecule has 0 spiro atoms. The molecule has 11 heteroatoms. The average Bonchev–Trinajstić information content (AvgIpc) is 3.48. The average molecular weight is 512 g/mol. The molecule has 4 N–H and O–H groups in total. The summed E-state index contributed by atoms with van der Waals surface area (Å²) in [6.07, 6.45) is 4.16. The number of aromatic amines is 1. The van der Waals surface area contributed by atoms with E-state index in [0.29, 0.717) is 23.8 Å². The van der Waals surface area contributed by atoms with E-state index in [1.807, 2.05) is 35.4 Å². The summed E-state index contributed by atoms with van der Waals surface area (Å²) in [5.41, 5.74) is 2.44. The quantitative estimate of drug-likeness (QED) is 0.398. The number of nitrogens with zero attached hydrogens (tertiary/aromatic N) is 2. The molecule has 1 saturated carbocycles. The van der Waals surface area contributed by atoms with Crippen molar-refractivity contribution in [2.24, 2.45) is 5.14 Å². The Kier molecular flexibility index (Phi) is 6.07. The van der Waals surface area contributed by atoms with Gasteiger partial charge in [0, 0.05) is 30.0 Å². The summed E-state index contributed by atoms with van der Waals surface area (Å²) < 4.78 is 23.0. The number of primary sulfonamides is 1. The number of carbonyl (C=O) groups is 2. The van der Waals surface area contributed by atoms with E-state index in [9.17, 15) is 18.0 Å². The Hall–Kier alpha value is -3.28. The van der Waals surface area contributed by atoms with Gasteiger partial charge in [0.25, 0.3) is 5.91 Å². The molecule has 182 valence electrons. The zero-order chi connectivity index (χ0) is 24.7. The maximum atomic E-state index is 13.2. The number of fused-ring (bicyclic) bond motifs is 1. The topological polar surface area (TPSA) is 129 Å². The van der Waals surface area contributed by atoms with Crippen LogP contribution >= 0.6 is 12.2 Å². The fourth-order valence-corrected chi connectivity index (χ4v) is 5.36. The lowest BCUT2D eigenvalue weighted by Crippen LogP contribution is -2.39. The highest BCUT2D eigenvalue weighted by Crippen LogP contribution is 2.34. The number of thiocarbonyl (C=S) groups is 1. The fourth-order valence-electron chi connectivity index (χ4n) is 4.39. The Labute approximate surface area is 208 Å². The van der Waals surface area contributed by atoms with Gasteiger partial charge in [0.1, 0.15) is 6.04 Å². The minimum absolute atomic E-state index is 0.0185. The van der Waals surface area contributed by atoms with E-state index >= 15 is 0 Å². The molecular weight excluding hydrogens is 486 g/mol. The number of hydrogen-bond donors (Lipinski definition) is 3. The molecule has 2 aliphatic rings. The van der Waals surface area contributed by atoms with Crippen LogP contribution in [0.3, 0.4) is 0 Å². The lowest BCUT2D eigenvalue weighted by Gasteiger charge is -2.24. The largest absolute Gasteiger partial charge is 0.361 e. The summed E-state index contributed by atoms with van der Waals surface area (Å²) in [5, 5.41) is 9.55. The molecule has 5 rings (SSSR count). The van der Waals surface area contributed by atoms with Crippen molar-refractivity contribution in [3.05, 3.63) is 60.3 Å².